The van der Waals surface area contributed by atoms with Gasteiger partial charge in [0.15, 0.2) is 0 Å². The van der Waals surface area contributed by atoms with E-state index >= 15 is 0 Å². The number of aliphatic carboxylic acids is 1. The topological polar surface area (TPSA) is 37.3 Å². The summed E-state index contributed by atoms with van der Waals surface area (Å²) in [6, 6.07) is 0. The molecule has 1 atom stereocenters. The monoisotopic (exact) mass is 589 g/mol. The van der Waals surface area contributed by atoms with Crippen molar-refractivity contribution in [1.29, 1.82) is 0 Å². The highest BCUT2D eigenvalue weighted by atomic mass is 16.4. The normalized spacial score (nSPS) is 12.6. The minimum absolute atomic E-state index is 0.118. The van der Waals surface area contributed by atoms with E-state index in [9.17, 15) is 9.90 Å². The van der Waals surface area contributed by atoms with Crippen molar-refractivity contribution in [3.8, 4) is 0 Å². The summed E-state index contributed by atoms with van der Waals surface area (Å²) in [5.41, 5.74) is 0. The largest absolute Gasteiger partial charge is 0.481 e. The predicted octanol–water partition coefficient (Wildman–Crippen LogP) is 14.3. The summed E-state index contributed by atoms with van der Waals surface area (Å²) in [6.45, 7) is 4.56. The van der Waals surface area contributed by atoms with E-state index in [1.54, 1.807) is 0 Å². The maximum Gasteiger partial charge on any atom is 0.306 e. The maximum atomic E-state index is 11.7. The molecule has 0 heterocycles. The molecule has 0 aromatic rings. The van der Waals surface area contributed by atoms with Gasteiger partial charge in [0.1, 0.15) is 0 Å². The average molecular weight is 589 g/mol. The number of rotatable bonds is 35. The first kappa shape index (κ1) is 41.0. The van der Waals surface area contributed by atoms with Crippen LogP contribution in [-0.2, 0) is 4.79 Å². The highest BCUT2D eigenvalue weighted by Gasteiger charge is 2.16. The van der Waals surface area contributed by atoms with Crippen LogP contribution in [0.4, 0.5) is 0 Å². The van der Waals surface area contributed by atoms with E-state index < -0.39 is 5.97 Å². The SMILES string of the molecule is CCCCCCCC/C=C\CCCCCCCCCCCCC(CCCCCC/C=C\CCCCCCCC)C(=O)O. The van der Waals surface area contributed by atoms with Crippen molar-refractivity contribution in [3.63, 3.8) is 0 Å². The molecular weight excluding hydrogens is 512 g/mol. The number of allylic oxidation sites excluding steroid dienone is 4. The lowest BCUT2D eigenvalue weighted by atomic mass is 9.94. The zero-order chi connectivity index (χ0) is 30.6. The molecule has 0 amide bonds. The van der Waals surface area contributed by atoms with E-state index in [0.717, 1.165) is 25.7 Å². The van der Waals surface area contributed by atoms with Crippen molar-refractivity contribution in [2.24, 2.45) is 5.92 Å². The molecule has 248 valence electrons. The third-order valence-corrected chi connectivity index (χ3v) is 8.98. The van der Waals surface area contributed by atoms with Gasteiger partial charge in [-0.25, -0.2) is 0 Å². The summed E-state index contributed by atoms with van der Waals surface area (Å²) in [7, 11) is 0. The Hall–Kier alpha value is -1.05. The number of unbranched alkanes of at least 4 members (excludes halogenated alkanes) is 26. The average Bonchev–Trinajstić information content (AvgIpc) is 2.99. The van der Waals surface area contributed by atoms with Gasteiger partial charge in [0.25, 0.3) is 0 Å². The lowest BCUT2D eigenvalue weighted by Crippen LogP contribution is -2.13. The second-order valence-corrected chi connectivity index (χ2v) is 13.2. The van der Waals surface area contributed by atoms with E-state index in [4.69, 9.17) is 0 Å². The lowest BCUT2D eigenvalue weighted by molar-refractivity contribution is -0.142. The smallest absolute Gasteiger partial charge is 0.306 e. The predicted molar refractivity (Wildman–Crippen MR) is 188 cm³/mol. The van der Waals surface area contributed by atoms with Crippen molar-refractivity contribution in [1.82, 2.24) is 0 Å². The Kier molecular flexibility index (Phi) is 35.2. The molecular formula is C40H76O2. The van der Waals surface area contributed by atoms with Gasteiger partial charge >= 0.3 is 5.97 Å². The number of carboxylic acids is 1. The zero-order valence-electron chi connectivity index (χ0n) is 28.9. The molecule has 0 saturated heterocycles. The fourth-order valence-electron chi connectivity index (χ4n) is 6.02. The molecule has 1 unspecified atom stereocenters. The van der Waals surface area contributed by atoms with Crippen LogP contribution in [0.25, 0.3) is 0 Å². The molecule has 0 rings (SSSR count). The fourth-order valence-corrected chi connectivity index (χ4v) is 6.02. The van der Waals surface area contributed by atoms with Gasteiger partial charge in [0.05, 0.1) is 5.92 Å². The molecule has 0 bridgehead atoms. The summed E-state index contributed by atoms with van der Waals surface area (Å²) in [5.74, 6) is -0.687. The highest BCUT2D eigenvalue weighted by molar-refractivity contribution is 5.69. The third-order valence-electron chi connectivity index (χ3n) is 8.98. The van der Waals surface area contributed by atoms with E-state index in [0.29, 0.717) is 0 Å². The van der Waals surface area contributed by atoms with Crippen LogP contribution in [-0.4, -0.2) is 11.1 Å². The van der Waals surface area contributed by atoms with Crippen LogP contribution in [0.1, 0.15) is 219 Å². The highest BCUT2D eigenvalue weighted by Crippen LogP contribution is 2.20. The molecule has 42 heavy (non-hydrogen) atoms. The first-order chi connectivity index (χ1) is 20.7. The van der Waals surface area contributed by atoms with Crippen molar-refractivity contribution >= 4 is 5.97 Å². The summed E-state index contributed by atoms with van der Waals surface area (Å²) in [5, 5.41) is 9.62. The van der Waals surface area contributed by atoms with Gasteiger partial charge in [-0.3, -0.25) is 4.79 Å². The van der Waals surface area contributed by atoms with E-state index in [-0.39, 0.29) is 5.92 Å². The standard InChI is InChI=1S/C40H76O2/c1-3-5-7-9-11-13-15-17-19-20-21-22-23-24-26-28-30-32-34-36-38-39(40(41)42)37-35-33-31-29-27-25-18-16-14-12-10-8-6-4-2/h17-19,25,39H,3-16,20-24,26-38H2,1-2H3,(H,41,42)/b19-17-,25-18-. The van der Waals surface area contributed by atoms with Crippen LogP contribution in [0, 0.1) is 5.92 Å². The first-order valence-corrected chi connectivity index (χ1v) is 19.2. The minimum atomic E-state index is -0.569. The van der Waals surface area contributed by atoms with Crippen molar-refractivity contribution in [2.45, 2.75) is 219 Å². The molecule has 1 N–H and O–H groups in total. The fraction of sp³-hybridized carbons (Fsp3) is 0.875. The number of hydrogen-bond acceptors (Lipinski definition) is 1. The lowest BCUT2D eigenvalue weighted by Gasteiger charge is -2.12. The first-order valence-electron chi connectivity index (χ1n) is 19.2. The van der Waals surface area contributed by atoms with E-state index in [1.165, 1.54) is 180 Å². The quantitative estimate of drug-likeness (QED) is 0.0590. The Morgan fingerprint density at radius 1 is 0.405 bits per heavy atom. The molecule has 0 aliphatic rings. The van der Waals surface area contributed by atoms with Gasteiger partial charge in [-0.1, -0.05) is 179 Å². The molecule has 0 saturated carbocycles. The Morgan fingerprint density at radius 3 is 0.905 bits per heavy atom. The van der Waals surface area contributed by atoms with Gasteiger partial charge in [-0.15, -0.1) is 0 Å². The zero-order valence-corrected chi connectivity index (χ0v) is 28.9. The van der Waals surface area contributed by atoms with Crippen molar-refractivity contribution in [2.75, 3.05) is 0 Å². The molecule has 0 aliphatic carbocycles. The summed E-state index contributed by atoms with van der Waals surface area (Å²) in [4.78, 5) is 11.7. The molecule has 0 radical (unpaired) electrons. The number of hydrogen-bond donors (Lipinski definition) is 1. The minimum Gasteiger partial charge on any atom is -0.481 e. The van der Waals surface area contributed by atoms with Gasteiger partial charge in [-0.2, -0.15) is 0 Å². The van der Waals surface area contributed by atoms with Gasteiger partial charge in [0.2, 0.25) is 0 Å². The van der Waals surface area contributed by atoms with Crippen molar-refractivity contribution < 1.29 is 9.90 Å². The Balaban J connectivity index is 3.43. The van der Waals surface area contributed by atoms with Gasteiger partial charge < -0.3 is 5.11 Å². The molecule has 0 fully saturated rings. The molecule has 2 heteroatoms. The molecule has 0 aliphatic heterocycles. The van der Waals surface area contributed by atoms with E-state index in [2.05, 4.69) is 38.2 Å². The summed E-state index contributed by atoms with van der Waals surface area (Å²) >= 11 is 0. The van der Waals surface area contributed by atoms with Gasteiger partial charge in [0, 0.05) is 0 Å². The van der Waals surface area contributed by atoms with Crippen LogP contribution in [0.3, 0.4) is 0 Å². The van der Waals surface area contributed by atoms with Crippen LogP contribution < -0.4 is 0 Å². The van der Waals surface area contributed by atoms with Crippen LogP contribution in [0.5, 0.6) is 0 Å². The second-order valence-electron chi connectivity index (χ2n) is 13.2. The van der Waals surface area contributed by atoms with Crippen LogP contribution in [0.2, 0.25) is 0 Å². The summed E-state index contributed by atoms with van der Waals surface area (Å²) in [6.07, 6.45) is 50.8. The van der Waals surface area contributed by atoms with Crippen LogP contribution in [0.15, 0.2) is 24.3 Å². The Labute approximate surface area is 265 Å². The van der Waals surface area contributed by atoms with Crippen LogP contribution >= 0.6 is 0 Å². The Morgan fingerprint density at radius 2 is 0.643 bits per heavy atom. The number of carbonyl (C=O) groups is 1. The maximum absolute atomic E-state index is 11.7. The summed E-state index contributed by atoms with van der Waals surface area (Å²) < 4.78 is 0. The van der Waals surface area contributed by atoms with Gasteiger partial charge in [-0.05, 0) is 64.2 Å². The van der Waals surface area contributed by atoms with Crippen molar-refractivity contribution in [3.05, 3.63) is 24.3 Å². The molecule has 0 aromatic heterocycles. The molecule has 0 spiro atoms. The second kappa shape index (κ2) is 36.1. The number of carboxylic acid groups (broad SMARTS) is 1. The molecule has 0 aromatic carbocycles. The third kappa shape index (κ3) is 33.5. The molecule has 2 nitrogen and oxygen atoms in total. The Bertz CT molecular complexity index is 578. The van der Waals surface area contributed by atoms with E-state index in [1.807, 2.05) is 0 Å².